The largest absolute Gasteiger partial charge is 0.478 e. The van der Waals surface area contributed by atoms with Gasteiger partial charge in [0.2, 0.25) is 0 Å². The topological polar surface area (TPSA) is 37.3 Å². The van der Waals surface area contributed by atoms with E-state index in [0.717, 1.165) is 22.8 Å². The van der Waals surface area contributed by atoms with Gasteiger partial charge in [0.1, 0.15) is 0 Å². The molecule has 1 N–H and O–H groups in total. The highest BCUT2D eigenvalue weighted by Gasteiger charge is 2.02. The molecule has 0 spiro atoms. The number of carboxylic acids is 1. The average molecular weight is 290 g/mol. The van der Waals surface area contributed by atoms with Crippen molar-refractivity contribution in [2.75, 3.05) is 4.43 Å². The van der Waals surface area contributed by atoms with Gasteiger partial charge >= 0.3 is 5.97 Å². The fourth-order valence-corrected chi connectivity index (χ4v) is 1.51. The zero-order valence-corrected chi connectivity index (χ0v) is 9.32. The highest BCUT2D eigenvalue weighted by atomic mass is 127. The number of carbonyl (C=O) groups is 1. The normalized spacial score (nSPS) is 9.92. The Morgan fingerprint density at radius 3 is 2.85 bits per heavy atom. The van der Waals surface area contributed by atoms with Crippen molar-refractivity contribution in [2.45, 2.75) is 12.8 Å². The maximum atomic E-state index is 10.6. The van der Waals surface area contributed by atoms with Crippen LogP contribution >= 0.6 is 22.6 Å². The highest BCUT2D eigenvalue weighted by Crippen LogP contribution is 2.08. The summed E-state index contributed by atoms with van der Waals surface area (Å²) in [6.07, 6.45) is 2.06. The molecule has 0 heterocycles. The fraction of sp³-hybridized carbons (Fsp3) is 0.300. The Morgan fingerprint density at radius 1 is 1.46 bits per heavy atom. The van der Waals surface area contributed by atoms with Crippen LogP contribution in [0, 0.1) is 0 Å². The van der Waals surface area contributed by atoms with Gasteiger partial charge in [-0.1, -0.05) is 34.7 Å². The van der Waals surface area contributed by atoms with Gasteiger partial charge in [0.15, 0.2) is 0 Å². The second kappa shape index (κ2) is 5.21. The standard InChI is InChI=1S/C10H11IO2/c11-6-2-4-8-3-1-5-9(7-8)10(12)13/h1,3,5,7H,2,4,6H2,(H,12,13). The molecule has 0 atom stereocenters. The molecule has 0 saturated carbocycles. The molecule has 0 amide bonds. The van der Waals surface area contributed by atoms with Crippen molar-refractivity contribution in [3.8, 4) is 0 Å². The van der Waals surface area contributed by atoms with Crippen LogP contribution in [0.2, 0.25) is 0 Å². The summed E-state index contributed by atoms with van der Waals surface area (Å²) >= 11 is 2.32. The molecule has 13 heavy (non-hydrogen) atoms. The first kappa shape index (κ1) is 10.5. The van der Waals surface area contributed by atoms with E-state index in [1.165, 1.54) is 0 Å². The van der Waals surface area contributed by atoms with E-state index in [-0.39, 0.29) is 0 Å². The zero-order valence-electron chi connectivity index (χ0n) is 7.16. The Hall–Kier alpha value is -0.580. The molecule has 0 fully saturated rings. The van der Waals surface area contributed by atoms with E-state index in [9.17, 15) is 4.79 Å². The molecule has 1 aromatic rings. The Kier molecular flexibility index (Phi) is 4.21. The van der Waals surface area contributed by atoms with Crippen LogP contribution in [0.3, 0.4) is 0 Å². The summed E-state index contributed by atoms with van der Waals surface area (Å²) in [6.45, 7) is 0. The van der Waals surface area contributed by atoms with E-state index in [1.807, 2.05) is 6.07 Å². The molecular formula is C10H11IO2. The highest BCUT2D eigenvalue weighted by molar-refractivity contribution is 14.1. The lowest BCUT2D eigenvalue weighted by molar-refractivity contribution is 0.0697. The van der Waals surface area contributed by atoms with Gasteiger partial charge in [0.25, 0.3) is 0 Å². The van der Waals surface area contributed by atoms with Crippen molar-refractivity contribution in [3.05, 3.63) is 35.4 Å². The number of hydrogen-bond donors (Lipinski definition) is 1. The van der Waals surface area contributed by atoms with Gasteiger partial charge in [0, 0.05) is 0 Å². The second-order valence-electron chi connectivity index (χ2n) is 2.80. The number of aromatic carboxylic acids is 1. The number of rotatable bonds is 4. The molecule has 0 unspecified atom stereocenters. The molecule has 0 aromatic heterocycles. The zero-order chi connectivity index (χ0) is 9.68. The van der Waals surface area contributed by atoms with Crippen LogP contribution in [-0.2, 0) is 6.42 Å². The summed E-state index contributed by atoms with van der Waals surface area (Å²) in [5.74, 6) is -0.851. The van der Waals surface area contributed by atoms with Crippen LogP contribution in [-0.4, -0.2) is 15.5 Å². The molecular weight excluding hydrogens is 279 g/mol. The molecule has 2 nitrogen and oxygen atoms in total. The molecule has 3 heteroatoms. The number of hydrogen-bond acceptors (Lipinski definition) is 1. The lowest BCUT2D eigenvalue weighted by Crippen LogP contribution is -1.97. The molecule has 0 aliphatic rings. The molecule has 70 valence electrons. The Bertz CT molecular complexity index is 297. The maximum absolute atomic E-state index is 10.6. The van der Waals surface area contributed by atoms with E-state index in [4.69, 9.17) is 5.11 Å². The second-order valence-corrected chi connectivity index (χ2v) is 3.88. The molecule has 1 rings (SSSR count). The summed E-state index contributed by atoms with van der Waals surface area (Å²) in [5.41, 5.74) is 1.49. The van der Waals surface area contributed by atoms with Crippen LogP contribution in [0.25, 0.3) is 0 Å². The third-order valence-electron chi connectivity index (χ3n) is 1.77. The van der Waals surface area contributed by atoms with Crippen molar-refractivity contribution in [3.63, 3.8) is 0 Å². The van der Waals surface area contributed by atoms with E-state index >= 15 is 0 Å². The predicted octanol–water partition coefficient (Wildman–Crippen LogP) is 2.75. The fourth-order valence-electron chi connectivity index (χ4n) is 1.13. The maximum Gasteiger partial charge on any atom is 0.335 e. The Balaban J connectivity index is 2.73. The van der Waals surface area contributed by atoms with E-state index < -0.39 is 5.97 Å². The minimum atomic E-state index is -0.851. The van der Waals surface area contributed by atoms with E-state index in [0.29, 0.717) is 5.56 Å². The van der Waals surface area contributed by atoms with E-state index in [1.54, 1.807) is 18.2 Å². The number of halogens is 1. The minimum Gasteiger partial charge on any atom is -0.478 e. The van der Waals surface area contributed by atoms with Crippen LogP contribution < -0.4 is 0 Å². The predicted molar refractivity (Wildman–Crippen MR) is 60.6 cm³/mol. The number of aryl methyl sites for hydroxylation is 1. The summed E-state index contributed by atoms with van der Waals surface area (Å²) in [4.78, 5) is 10.6. The molecule has 0 bridgehead atoms. The lowest BCUT2D eigenvalue weighted by atomic mass is 10.1. The Morgan fingerprint density at radius 2 is 2.23 bits per heavy atom. The molecule has 0 radical (unpaired) electrons. The summed E-state index contributed by atoms with van der Waals surface area (Å²) in [6, 6.07) is 7.13. The summed E-state index contributed by atoms with van der Waals surface area (Å²) < 4.78 is 1.11. The molecule has 0 aliphatic heterocycles. The molecule has 0 aliphatic carbocycles. The molecule has 1 aromatic carbocycles. The van der Waals surface area contributed by atoms with Gasteiger partial charge in [-0.2, -0.15) is 0 Å². The lowest BCUT2D eigenvalue weighted by Gasteiger charge is -2.00. The first-order chi connectivity index (χ1) is 6.24. The number of alkyl halides is 1. The van der Waals surface area contributed by atoms with Crippen molar-refractivity contribution in [2.24, 2.45) is 0 Å². The summed E-state index contributed by atoms with van der Waals surface area (Å²) in [7, 11) is 0. The van der Waals surface area contributed by atoms with Gasteiger partial charge in [0.05, 0.1) is 5.56 Å². The van der Waals surface area contributed by atoms with Gasteiger partial charge in [-0.25, -0.2) is 4.79 Å². The first-order valence-corrected chi connectivity index (χ1v) is 5.65. The smallest absolute Gasteiger partial charge is 0.335 e. The van der Waals surface area contributed by atoms with Crippen molar-refractivity contribution >= 4 is 28.6 Å². The first-order valence-electron chi connectivity index (χ1n) is 4.12. The van der Waals surface area contributed by atoms with Crippen molar-refractivity contribution < 1.29 is 9.90 Å². The van der Waals surface area contributed by atoms with Gasteiger partial charge in [-0.3, -0.25) is 0 Å². The van der Waals surface area contributed by atoms with Crippen LogP contribution in [0.15, 0.2) is 24.3 Å². The third kappa shape index (κ3) is 3.34. The van der Waals surface area contributed by atoms with Gasteiger partial charge < -0.3 is 5.11 Å². The quantitative estimate of drug-likeness (QED) is 0.684. The molecule has 0 saturated heterocycles. The van der Waals surface area contributed by atoms with Crippen LogP contribution in [0.1, 0.15) is 22.3 Å². The van der Waals surface area contributed by atoms with Crippen LogP contribution in [0.5, 0.6) is 0 Å². The third-order valence-corrected chi connectivity index (χ3v) is 2.54. The monoisotopic (exact) mass is 290 g/mol. The SMILES string of the molecule is O=C(O)c1cccc(CCCI)c1. The van der Waals surface area contributed by atoms with Crippen molar-refractivity contribution in [1.82, 2.24) is 0 Å². The van der Waals surface area contributed by atoms with Gasteiger partial charge in [-0.05, 0) is 35.0 Å². The van der Waals surface area contributed by atoms with Gasteiger partial charge in [-0.15, -0.1) is 0 Å². The van der Waals surface area contributed by atoms with Crippen LogP contribution in [0.4, 0.5) is 0 Å². The Labute approximate surface area is 91.1 Å². The number of carboxylic acid groups (broad SMARTS) is 1. The number of benzene rings is 1. The van der Waals surface area contributed by atoms with E-state index in [2.05, 4.69) is 22.6 Å². The minimum absolute atomic E-state index is 0.381. The van der Waals surface area contributed by atoms with Crippen molar-refractivity contribution in [1.29, 1.82) is 0 Å². The summed E-state index contributed by atoms with van der Waals surface area (Å²) in [5, 5.41) is 8.73. The average Bonchev–Trinajstić information content (AvgIpc) is 2.15.